The van der Waals surface area contributed by atoms with Gasteiger partial charge in [-0.25, -0.2) is 0 Å². The van der Waals surface area contributed by atoms with Gasteiger partial charge in [-0.15, -0.1) is 0 Å². The molecule has 0 fully saturated rings. The molecule has 0 aliphatic rings. The number of hydrogen-bond donors (Lipinski definition) is 9. The minimum absolute atomic E-state index is 0.0552. The number of nitrogens with zero attached hydrogens (tertiary/aromatic N) is 1. The molecule has 0 aromatic heterocycles. The van der Waals surface area contributed by atoms with Crippen LogP contribution in [0.1, 0.15) is 44.0 Å². The lowest BCUT2D eigenvalue weighted by Gasteiger charge is -2.23. The molecule has 0 saturated heterocycles. The summed E-state index contributed by atoms with van der Waals surface area (Å²) in [6.07, 6.45) is 0.320. The predicted octanol–water partition coefficient (Wildman–Crippen LogP) is -3.33. The summed E-state index contributed by atoms with van der Waals surface area (Å²) >= 11 is 0. The van der Waals surface area contributed by atoms with Crippen LogP contribution in [0.4, 0.5) is 0 Å². The highest BCUT2D eigenvalue weighted by Gasteiger charge is 2.27. The van der Waals surface area contributed by atoms with E-state index in [1.165, 1.54) is 20.8 Å². The van der Waals surface area contributed by atoms with E-state index >= 15 is 0 Å². The van der Waals surface area contributed by atoms with E-state index in [4.69, 9.17) is 16.6 Å². The second-order valence-corrected chi connectivity index (χ2v) is 9.42. The minimum atomic E-state index is -1.27. The molecule has 0 bridgehead atoms. The molecule has 17 heteroatoms. The van der Waals surface area contributed by atoms with Crippen LogP contribution in [0.2, 0.25) is 0 Å². The summed E-state index contributed by atoms with van der Waals surface area (Å²) in [5.41, 5.74) is 11.0. The van der Waals surface area contributed by atoms with Gasteiger partial charge in [-0.05, 0) is 45.7 Å². The second-order valence-electron chi connectivity index (χ2n) is 9.42. The Bertz CT molecular complexity index is 1190. The van der Waals surface area contributed by atoms with Gasteiger partial charge < -0.3 is 48.5 Å². The Morgan fingerprint density at radius 1 is 0.744 bits per heavy atom. The summed E-state index contributed by atoms with van der Waals surface area (Å²) < 4.78 is 0. The van der Waals surface area contributed by atoms with Crippen molar-refractivity contribution >= 4 is 47.4 Å². The summed E-state index contributed by atoms with van der Waals surface area (Å²) in [4.78, 5) is 89.1. The number of nitrogens with one attached hydrogen (secondary N) is 6. The summed E-state index contributed by atoms with van der Waals surface area (Å²) in [6, 6.07) is 3.73. The fourth-order valence-corrected chi connectivity index (χ4v) is 3.38. The van der Waals surface area contributed by atoms with E-state index in [-0.39, 0.29) is 31.9 Å². The van der Waals surface area contributed by atoms with Gasteiger partial charge >= 0.3 is 5.97 Å². The third-order valence-corrected chi connectivity index (χ3v) is 5.71. The molecule has 0 heterocycles. The van der Waals surface area contributed by atoms with Gasteiger partial charge in [0, 0.05) is 12.1 Å². The van der Waals surface area contributed by atoms with E-state index in [1.807, 2.05) is 0 Å². The minimum Gasteiger partial charge on any atom is -0.480 e. The van der Waals surface area contributed by atoms with E-state index in [2.05, 4.69) is 36.9 Å². The lowest BCUT2D eigenvalue weighted by Crippen LogP contribution is -2.57. The van der Waals surface area contributed by atoms with E-state index in [9.17, 15) is 33.6 Å². The molecule has 1 rings (SSSR count). The smallest absolute Gasteiger partial charge is 0.322 e. The van der Waals surface area contributed by atoms with Crippen LogP contribution in [0, 0.1) is 0 Å². The summed E-state index contributed by atoms with van der Waals surface area (Å²) in [7, 11) is 0. The largest absolute Gasteiger partial charge is 0.480 e. The molecule has 1 aromatic carbocycles. The molecular formula is C26H39N9O8. The Morgan fingerprint density at radius 2 is 1.30 bits per heavy atom. The Balaban J connectivity index is 2.70. The van der Waals surface area contributed by atoms with Gasteiger partial charge in [0.25, 0.3) is 5.91 Å². The van der Waals surface area contributed by atoms with Gasteiger partial charge in [0.1, 0.15) is 30.7 Å². The number of aliphatic imine (C=N–C) groups is 1. The van der Waals surface area contributed by atoms with Gasteiger partial charge in [0.05, 0.1) is 6.54 Å². The van der Waals surface area contributed by atoms with Crippen LogP contribution in [-0.4, -0.2) is 96.3 Å². The van der Waals surface area contributed by atoms with E-state index in [0.717, 1.165) is 0 Å². The molecule has 11 N–H and O–H groups in total. The molecule has 0 aliphatic heterocycles. The first-order valence-corrected chi connectivity index (χ1v) is 13.3. The van der Waals surface area contributed by atoms with Crippen molar-refractivity contribution in [3.8, 4) is 0 Å². The van der Waals surface area contributed by atoms with Gasteiger partial charge in [-0.1, -0.05) is 18.2 Å². The van der Waals surface area contributed by atoms with Crippen LogP contribution in [-0.2, 0) is 28.8 Å². The lowest BCUT2D eigenvalue weighted by molar-refractivity contribution is -0.138. The standard InChI is InChI=1S/C26H39N9O8/c1-14(21(39)31-13-20(37)38)34-25(43)18(10-7-11-29-26(27)28)35-23(41)16(3)33-22(40)15(2)32-19(36)12-30-24(42)17-8-5-4-6-9-17/h4-6,8-9,14-16,18H,7,10-13H2,1-3H3,(H,30,42)(H,31,39)(H,32,36)(H,33,40)(H,34,43)(H,35,41)(H,37,38)(H4,27,28,29)/t14-,15-,16-,18-/m0/s1. The molecule has 6 amide bonds. The van der Waals surface area contributed by atoms with E-state index < -0.39 is 72.1 Å². The third-order valence-electron chi connectivity index (χ3n) is 5.71. The van der Waals surface area contributed by atoms with Gasteiger partial charge in [-0.2, -0.15) is 0 Å². The first-order chi connectivity index (χ1) is 20.2. The summed E-state index contributed by atoms with van der Waals surface area (Å²) in [5, 5.41) is 23.0. The SMILES string of the molecule is C[C@H](NC(=O)CNC(=O)c1ccccc1)C(=O)N[C@@H](C)C(=O)N[C@@H](CCCN=C(N)N)C(=O)N[C@@H](C)C(=O)NCC(=O)O. The number of benzene rings is 1. The molecule has 43 heavy (non-hydrogen) atoms. The maximum absolute atomic E-state index is 12.9. The first kappa shape index (κ1) is 35.8. The Morgan fingerprint density at radius 3 is 1.91 bits per heavy atom. The molecule has 236 valence electrons. The number of carbonyl (C=O) groups is 7. The van der Waals surface area contributed by atoms with Crippen LogP contribution in [0.3, 0.4) is 0 Å². The molecule has 0 radical (unpaired) electrons. The highest BCUT2D eigenvalue weighted by molar-refractivity contribution is 5.98. The van der Waals surface area contributed by atoms with Crippen LogP contribution >= 0.6 is 0 Å². The van der Waals surface area contributed by atoms with Gasteiger partial charge in [0.2, 0.25) is 29.5 Å². The number of aliphatic carboxylic acids is 1. The van der Waals surface area contributed by atoms with Crippen LogP contribution in [0.25, 0.3) is 0 Å². The molecule has 0 aliphatic carbocycles. The molecule has 0 saturated carbocycles. The zero-order valence-electron chi connectivity index (χ0n) is 24.1. The van der Waals surface area contributed by atoms with Crippen LogP contribution in [0.5, 0.6) is 0 Å². The number of carboxylic acid groups (broad SMARTS) is 1. The fourth-order valence-electron chi connectivity index (χ4n) is 3.38. The van der Waals surface area contributed by atoms with Crippen molar-refractivity contribution < 1.29 is 38.7 Å². The van der Waals surface area contributed by atoms with Crippen LogP contribution in [0.15, 0.2) is 35.3 Å². The topological polar surface area (TPSA) is 276 Å². The van der Waals surface area contributed by atoms with Gasteiger partial charge in [-0.3, -0.25) is 38.6 Å². The number of guanidine groups is 1. The maximum Gasteiger partial charge on any atom is 0.322 e. The average Bonchev–Trinajstić information content (AvgIpc) is 2.95. The second kappa shape index (κ2) is 18.3. The van der Waals surface area contributed by atoms with Crippen molar-refractivity contribution in [2.24, 2.45) is 16.5 Å². The van der Waals surface area contributed by atoms with Crippen molar-refractivity contribution in [3.05, 3.63) is 35.9 Å². The molecule has 17 nitrogen and oxygen atoms in total. The molecular weight excluding hydrogens is 566 g/mol. The van der Waals surface area contributed by atoms with Crippen LogP contribution < -0.4 is 43.4 Å². The molecule has 0 unspecified atom stereocenters. The molecule has 0 spiro atoms. The number of carboxylic acids is 1. The van der Waals surface area contributed by atoms with E-state index in [0.29, 0.717) is 5.56 Å². The Hall–Kier alpha value is -5.22. The van der Waals surface area contributed by atoms with Crippen molar-refractivity contribution in [2.45, 2.75) is 57.8 Å². The number of hydrogen-bond acceptors (Lipinski definition) is 8. The average molecular weight is 606 g/mol. The van der Waals surface area contributed by atoms with Crippen molar-refractivity contribution in [2.75, 3.05) is 19.6 Å². The maximum atomic E-state index is 12.9. The molecule has 1 aromatic rings. The highest BCUT2D eigenvalue weighted by atomic mass is 16.4. The number of nitrogens with two attached hydrogens (primary N) is 2. The quantitative estimate of drug-likeness (QED) is 0.0484. The number of rotatable bonds is 17. The zero-order chi connectivity index (χ0) is 32.5. The predicted molar refractivity (Wildman–Crippen MR) is 154 cm³/mol. The van der Waals surface area contributed by atoms with Gasteiger partial charge in [0.15, 0.2) is 5.96 Å². The Labute approximate surface area is 248 Å². The monoisotopic (exact) mass is 605 g/mol. The number of carbonyl (C=O) groups excluding carboxylic acids is 6. The Kier molecular flexibility index (Phi) is 15.2. The van der Waals surface area contributed by atoms with Crippen molar-refractivity contribution in [1.82, 2.24) is 31.9 Å². The van der Waals surface area contributed by atoms with Crippen molar-refractivity contribution in [3.63, 3.8) is 0 Å². The third kappa shape index (κ3) is 14.3. The highest BCUT2D eigenvalue weighted by Crippen LogP contribution is 2.02. The summed E-state index contributed by atoms with van der Waals surface area (Å²) in [5.74, 6) is -5.48. The zero-order valence-corrected chi connectivity index (χ0v) is 24.1. The van der Waals surface area contributed by atoms with E-state index in [1.54, 1.807) is 30.3 Å². The first-order valence-electron chi connectivity index (χ1n) is 13.3. The number of amides is 6. The normalized spacial score (nSPS) is 13.1. The summed E-state index contributed by atoms with van der Waals surface area (Å²) in [6.45, 7) is 3.19. The van der Waals surface area contributed by atoms with Crippen molar-refractivity contribution in [1.29, 1.82) is 0 Å². The lowest BCUT2D eigenvalue weighted by atomic mass is 10.1. The molecule has 4 atom stereocenters. The fraction of sp³-hybridized carbons (Fsp3) is 0.462.